The van der Waals surface area contributed by atoms with E-state index in [1.165, 1.54) is 0 Å². The first kappa shape index (κ1) is 21.7. The number of morpholine rings is 1. The number of pyridine rings is 3. The molecule has 0 bridgehead atoms. The maximum atomic E-state index is 12.3. The fraction of sp³-hybridized carbons (Fsp3) is 0.375. The van der Waals surface area contributed by atoms with E-state index in [1.54, 1.807) is 16.9 Å². The number of aromatic nitrogens is 5. The molecular formula is C24H26N8O3. The van der Waals surface area contributed by atoms with Gasteiger partial charge >= 0.3 is 0 Å². The summed E-state index contributed by atoms with van der Waals surface area (Å²) in [6.45, 7) is 1.92. The summed E-state index contributed by atoms with van der Waals surface area (Å²) in [5.74, 6) is 1.81. The number of aliphatic hydroxyl groups is 1. The predicted octanol–water partition coefficient (Wildman–Crippen LogP) is 1.93. The summed E-state index contributed by atoms with van der Waals surface area (Å²) in [5, 5.41) is 21.9. The average Bonchev–Trinajstić information content (AvgIpc) is 3.67. The predicted molar refractivity (Wildman–Crippen MR) is 131 cm³/mol. The summed E-state index contributed by atoms with van der Waals surface area (Å²) in [6.07, 6.45) is 7.05. The topological polar surface area (TPSA) is 130 Å². The Morgan fingerprint density at radius 1 is 1.23 bits per heavy atom. The van der Waals surface area contributed by atoms with Crippen molar-refractivity contribution in [2.24, 2.45) is 5.92 Å². The smallest absolute Gasteiger partial charge is 0.228 e. The van der Waals surface area contributed by atoms with Gasteiger partial charge in [-0.1, -0.05) is 0 Å². The number of aliphatic hydroxyl groups excluding tert-OH is 1. The van der Waals surface area contributed by atoms with Crippen molar-refractivity contribution in [2.45, 2.75) is 18.9 Å². The molecule has 2 fully saturated rings. The second-order valence-corrected chi connectivity index (χ2v) is 8.90. The normalized spacial score (nSPS) is 18.2. The summed E-state index contributed by atoms with van der Waals surface area (Å²) < 4.78 is 7.32. The molecule has 3 N–H and O–H groups in total. The van der Waals surface area contributed by atoms with Gasteiger partial charge in [0.15, 0.2) is 11.5 Å². The SMILES string of the molecule is CNc1ncc(-c2nc3ccc(N4CCOC(CO)C4)cn3n2)c2cc(NC(=O)C3CC3)ncc12. The van der Waals surface area contributed by atoms with Gasteiger partial charge in [-0.3, -0.25) is 4.79 Å². The molecule has 0 spiro atoms. The van der Waals surface area contributed by atoms with Crippen LogP contribution in [0.25, 0.3) is 27.8 Å². The van der Waals surface area contributed by atoms with Crippen molar-refractivity contribution >= 4 is 39.6 Å². The molecule has 2 aliphatic rings. The number of amides is 1. The summed E-state index contributed by atoms with van der Waals surface area (Å²) >= 11 is 0. The Morgan fingerprint density at radius 2 is 2.11 bits per heavy atom. The number of carbonyl (C=O) groups is 1. The molecule has 35 heavy (non-hydrogen) atoms. The molecule has 1 aliphatic carbocycles. The van der Waals surface area contributed by atoms with Crippen LogP contribution in [0.5, 0.6) is 0 Å². The van der Waals surface area contributed by atoms with Crippen molar-refractivity contribution in [1.29, 1.82) is 0 Å². The van der Waals surface area contributed by atoms with Crippen molar-refractivity contribution < 1.29 is 14.6 Å². The third-order valence-corrected chi connectivity index (χ3v) is 6.47. The first-order chi connectivity index (χ1) is 17.1. The Labute approximate surface area is 201 Å². The fourth-order valence-electron chi connectivity index (χ4n) is 4.39. The van der Waals surface area contributed by atoms with Crippen LogP contribution in [-0.2, 0) is 9.53 Å². The highest BCUT2D eigenvalue weighted by atomic mass is 16.5. The van der Waals surface area contributed by atoms with Gasteiger partial charge in [-0.05, 0) is 31.0 Å². The number of nitrogens with one attached hydrogen (secondary N) is 2. The number of ether oxygens (including phenoxy) is 1. The van der Waals surface area contributed by atoms with Crippen molar-refractivity contribution in [3.05, 3.63) is 36.8 Å². The maximum Gasteiger partial charge on any atom is 0.228 e. The molecule has 180 valence electrons. The quantitative estimate of drug-likeness (QED) is 0.384. The Morgan fingerprint density at radius 3 is 2.91 bits per heavy atom. The van der Waals surface area contributed by atoms with Crippen LogP contribution in [0.2, 0.25) is 0 Å². The standard InChI is InChI=1S/C24H26N8O3/c1-25-22-18-9-26-20(28-24(34)14-2-3-14)8-17(18)19(10-27-22)23-29-21-5-4-15(11-32(21)30-23)31-6-7-35-16(12-31)13-33/h4-5,8-11,14,16,33H,2-3,6-7,12-13H2,1H3,(H,25,27)(H,26,28,34). The zero-order valence-corrected chi connectivity index (χ0v) is 19.3. The van der Waals surface area contributed by atoms with Crippen LogP contribution in [0.15, 0.2) is 36.8 Å². The lowest BCUT2D eigenvalue weighted by Crippen LogP contribution is -2.44. The zero-order chi connectivity index (χ0) is 23.9. The van der Waals surface area contributed by atoms with Crippen LogP contribution in [0, 0.1) is 5.92 Å². The molecule has 11 heteroatoms. The third-order valence-electron chi connectivity index (χ3n) is 6.47. The lowest BCUT2D eigenvalue weighted by atomic mass is 10.1. The number of carbonyl (C=O) groups excluding carboxylic acids is 1. The molecule has 1 aliphatic heterocycles. The molecule has 1 saturated carbocycles. The van der Waals surface area contributed by atoms with Gasteiger partial charge in [0.05, 0.1) is 31.2 Å². The Balaban J connectivity index is 1.38. The molecule has 1 saturated heterocycles. The van der Waals surface area contributed by atoms with Crippen LogP contribution < -0.4 is 15.5 Å². The number of nitrogens with zero attached hydrogens (tertiary/aromatic N) is 6. The lowest BCUT2D eigenvalue weighted by Gasteiger charge is -2.33. The van der Waals surface area contributed by atoms with E-state index in [9.17, 15) is 9.90 Å². The molecule has 0 radical (unpaired) electrons. The second kappa shape index (κ2) is 8.75. The largest absolute Gasteiger partial charge is 0.394 e. The van der Waals surface area contributed by atoms with Gasteiger partial charge in [-0.2, -0.15) is 0 Å². The summed E-state index contributed by atoms with van der Waals surface area (Å²) in [7, 11) is 1.81. The van der Waals surface area contributed by atoms with Crippen molar-refractivity contribution in [2.75, 3.05) is 48.9 Å². The molecule has 1 unspecified atom stereocenters. The van der Waals surface area contributed by atoms with Crippen LogP contribution in [0.3, 0.4) is 0 Å². The van der Waals surface area contributed by atoms with Gasteiger partial charge < -0.3 is 25.4 Å². The minimum absolute atomic E-state index is 0.00577. The zero-order valence-electron chi connectivity index (χ0n) is 19.3. The van der Waals surface area contributed by atoms with Crippen molar-refractivity contribution in [1.82, 2.24) is 24.6 Å². The van der Waals surface area contributed by atoms with E-state index in [0.717, 1.165) is 41.4 Å². The minimum atomic E-state index is -0.197. The van der Waals surface area contributed by atoms with E-state index in [-0.39, 0.29) is 24.5 Å². The molecule has 1 atom stereocenters. The van der Waals surface area contributed by atoms with E-state index in [2.05, 4.69) is 25.5 Å². The van der Waals surface area contributed by atoms with Crippen LogP contribution in [-0.4, -0.2) is 75.0 Å². The first-order valence-electron chi connectivity index (χ1n) is 11.7. The monoisotopic (exact) mass is 474 g/mol. The van der Waals surface area contributed by atoms with E-state index >= 15 is 0 Å². The highest BCUT2D eigenvalue weighted by molar-refractivity contribution is 6.03. The minimum Gasteiger partial charge on any atom is -0.394 e. The lowest BCUT2D eigenvalue weighted by molar-refractivity contribution is -0.117. The van der Waals surface area contributed by atoms with Gasteiger partial charge in [0.1, 0.15) is 11.6 Å². The highest BCUT2D eigenvalue weighted by Crippen LogP contribution is 2.33. The third kappa shape index (κ3) is 4.13. The molecule has 11 nitrogen and oxygen atoms in total. The summed E-state index contributed by atoms with van der Waals surface area (Å²) in [4.78, 5) is 28.1. The Hall–Kier alpha value is -3.83. The van der Waals surface area contributed by atoms with Gasteiger partial charge in [-0.25, -0.2) is 19.5 Å². The van der Waals surface area contributed by atoms with E-state index in [0.29, 0.717) is 36.3 Å². The first-order valence-corrected chi connectivity index (χ1v) is 11.7. The van der Waals surface area contributed by atoms with Gasteiger partial charge in [0, 0.05) is 54.8 Å². The average molecular weight is 475 g/mol. The number of fused-ring (bicyclic) bond motifs is 2. The van der Waals surface area contributed by atoms with E-state index in [4.69, 9.17) is 14.8 Å². The van der Waals surface area contributed by atoms with Gasteiger partial charge in [0.25, 0.3) is 0 Å². The molecule has 0 aromatic carbocycles. The van der Waals surface area contributed by atoms with Crippen molar-refractivity contribution in [3.8, 4) is 11.4 Å². The number of rotatable bonds is 6. The fourth-order valence-corrected chi connectivity index (χ4v) is 4.39. The second-order valence-electron chi connectivity index (χ2n) is 8.90. The Kier molecular flexibility index (Phi) is 5.42. The van der Waals surface area contributed by atoms with E-state index < -0.39 is 0 Å². The van der Waals surface area contributed by atoms with E-state index in [1.807, 2.05) is 31.4 Å². The van der Waals surface area contributed by atoms with Crippen LogP contribution >= 0.6 is 0 Å². The molecule has 4 aromatic heterocycles. The van der Waals surface area contributed by atoms with Gasteiger partial charge in [0.2, 0.25) is 5.91 Å². The number of anilines is 3. The Bertz CT molecular complexity index is 1420. The maximum absolute atomic E-state index is 12.3. The molecule has 5 heterocycles. The highest BCUT2D eigenvalue weighted by Gasteiger charge is 2.30. The van der Waals surface area contributed by atoms with Crippen LogP contribution in [0.4, 0.5) is 17.3 Å². The van der Waals surface area contributed by atoms with Crippen LogP contribution in [0.1, 0.15) is 12.8 Å². The number of hydrogen-bond donors (Lipinski definition) is 3. The summed E-state index contributed by atoms with van der Waals surface area (Å²) in [5.41, 5.74) is 2.44. The molecule has 1 amide bonds. The number of hydrogen-bond acceptors (Lipinski definition) is 9. The molecular weight excluding hydrogens is 448 g/mol. The van der Waals surface area contributed by atoms with Gasteiger partial charge in [-0.15, -0.1) is 5.10 Å². The summed E-state index contributed by atoms with van der Waals surface area (Å²) in [6, 6.07) is 5.78. The molecule has 6 rings (SSSR count). The van der Waals surface area contributed by atoms with Crippen molar-refractivity contribution in [3.63, 3.8) is 0 Å². The molecule has 4 aromatic rings.